The fraction of sp³-hybridized carbons (Fsp3) is 0.0588. The van der Waals surface area contributed by atoms with Crippen molar-refractivity contribution >= 4 is 49.8 Å². The number of carbonyl (C=O) groups excluding carboxylic acids is 1. The summed E-state index contributed by atoms with van der Waals surface area (Å²) in [5.74, 6) is 0.439. The van der Waals surface area contributed by atoms with Gasteiger partial charge in [0.15, 0.2) is 5.70 Å². The van der Waals surface area contributed by atoms with Gasteiger partial charge in [-0.3, -0.25) is 0 Å². The van der Waals surface area contributed by atoms with Crippen molar-refractivity contribution in [1.82, 2.24) is 0 Å². The van der Waals surface area contributed by atoms with Crippen molar-refractivity contribution in [2.45, 2.75) is 0 Å². The first-order valence-electron chi connectivity index (χ1n) is 6.69. The van der Waals surface area contributed by atoms with Gasteiger partial charge in [-0.2, -0.15) is 0 Å². The third kappa shape index (κ3) is 3.38. The number of hydrogen-bond donors (Lipinski definition) is 0. The average Bonchev–Trinajstić information content (AvgIpc) is 2.89. The Labute approximate surface area is 150 Å². The van der Waals surface area contributed by atoms with Crippen molar-refractivity contribution in [2.75, 3.05) is 7.11 Å². The lowest BCUT2D eigenvalue weighted by Crippen LogP contribution is -2.05. The molecule has 0 aromatic heterocycles. The molecule has 0 atom stereocenters. The van der Waals surface area contributed by atoms with Crippen LogP contribution in [0.2, 0.25) is 0 Å². The first-order chi connectivity index (χ1) is 11.1. The number of carbonyl (C=O) groups is 1. The molecule has 0 saturated carbocycles. The number of ether oxygens (including phenoxy) is 2. The van der Waals surface area contributed by atoms with E-state index < -0.39 is 5.97 Å². The Kier molecular flexibility index (Phi) is 4.63. The van der Waals surface area contributed by atoms with E-state index in [-0.39, 0.29) is 5.70 Å². The van der Waals surface area contributed by atoms with Gasteiger partial charge in [-0.15, -0.1) is 0 Å². The Bertz CT molecular complexity index is 829. The van der Waals surface area contributed by atoms with Gasteiger partial charge in [-0.05, 0) is 46.3 Å². The van der Waals surface area contributed by atoms with Crippen LogP contribution in [0.4, 0.5) is 0 Å². The number of methoxy groups -OCH3 is 1. The molecular weight excluding hydrogens is 426 g/mol. The molecular formula is C17H11Br2NO3. The van der Waals surface area contributed by atoms with E-state index >= 15 is 0 Å². The van der Waals surface area contributed by atoms with Crippen molar-refractivity contribution in [1.29, 1.82) is 0 Å². The predicted octanol–water partition coefficient (Wildman–Crippen LogP) is 4.56. The maximum absolute atomic E-state index is 12.1. The second-order valence-corrected chi connectivity index (χ2v) is 6.48. The second kappa shape index (κ2) is 6.68. The van der Waals surface area contributed by atoms with Crippen LogP contribution in [0.25, 0.3) is 6.08 Å². The lowest BCUT2D eigenvalue weighted by Gasteiger charge is -2.08. The molecule has 2 aromatic carbocycles. The Morgan fingerprint density at radius 3 is 2.61 bits per heavy atom. The molecule has 0 spiro atoms. The summed E-state index contributed by atoms with van der Waals surface area (Å²) < 4.78 is 12.3. The van der Waals surface area contributed by atoms with E-state index in [0.29, 0.717) is 11.6 Å². The normalized spacial score (nSPS) is 15.5. The first-order valence-corrected chi connectivity index (χ1v) is 8.28. The highest BCUT2D eigenvalue weighted by atomic mass is 79.9. The molecule has 1 heterocycles. The quantitative estimate of drug-likeness (QED) is 0.523. The van der Waals surface area contributed by atoms with E-state index in [1.165, 1.54) is 0 Å². The number of nitrogens with zero attached hydrogens (tertiary/aromatic N) is 1. The molecule has 0 N–H and O–H groups in total. The summed E-state index contributed by atoms with van der Waals surface area (Å²) >= 11 is 6.86. The molecule has 116 valence electrons. The van der Waals surface area contributed by atoms with E-state index in [1.807, 2.05) is 42.5 Å². The molecule has 0 fully saturated rings. The van der Waals surface area contributed by atoms with Crippen LogP contribution in [0.3, 0.4) is 0 Å². The van der Waals surface area contributed by atoms with Crippen LogP contribution >= 0.6 is 31.9 Å². The molecule has 2 aromatic rings. The number of rotatable bonds is 3. The highest BCUT2D eigenvalue weighted by molar-refractivity contribution is 9.11. The van der Waals surface area contributed by atoms with E-state index in [1.54, 1.807) is 13.2 Å². The van der Waals surface area contributed by atoms with Crippen LogP contribution in [0, 0.1) is 0 Å². The minimum atomic E-state index is -0.484. The van der Waals surface area contributed by atoms with Crippen molar-refractivity contribution in [3.05, 3.63) is 68.2 Å². The summed E-state index contributed by atoms with van der Waals surface area (Å²) in [6.45, 7) is 0. The fourth-order valence-corrected chi connectivity index (χ4v) is 3.58. The smallest absolute Gasteiger partial charge is 0.363 e. The molecule has 0 amide bonds. The number of halogens is 2. The summed E-state index contributed by atoms with van der Waals surface area (Å²) in [6, 6.07) is 13.0. The summed E-state index contributed by atoms with van der Waals surface area (Å²) in [5.41, 5.74) is 1.71. The topological polar surface area (TPSA) is 47.9 Å². The van der Waals surface area contributed by atoms with Gasteiger partial charge in [-0.1, -0.05) is 34.1 Å². The van der Waals surface area contributed by atoms with Crippen LogP contribution < -0.4 is 4.74 Å². The molecule has 1 aliphatic heterocycles. The summed E-state index contributed by atoms with van der Waals surface area (Å²) in [4.78, 5) is 16.4. The van der Waals surface area contributed by atoms with Crippen molar-refractivity contribution in [3.63, 3.8) is 0 Å². The third-order valence-electron chi connectivity index (χ3n) is 3.17. The van der Waals surface area contributed by atoms with Gasteiger partial charge >= 0.3 is 5.97 Å². The molecule has 0 unspecified atom stereocenters. The highest BCUT2D eigenvalue weighted by Crippen LogP contribution is 2.34. The molecule has 1 aliphatic rings. The molecule has 3 rings (SSSR count). The Morgan fingerprint density at radius 1 is 1.17 bits per heavy atom. The number of benzene rings is 2. The van der Waals surface area contributed by atoms with Gasteiger partial charge in [0.1, 0.15) is 5.75 Å². The number of cyclic esters (lactones) is 1. The Balaban J connectivity index is 2.03. The lowest BCUT2D eigenvalue weighted by atomic mass is 10.1. The Hall–Kier alpha value is -1.92. The molecule has 0 bridgehead atoms. The maximum Gasteiger partial charge on any atom is 0.363 e. The number of hydrogen-bond acceptors (Lipinski definition) is 4. The third-order valence-corrected chi connectivity index (χ3v) is 4.22. The van der Waals surface area contributed by atoms with Gasteiger partial charge in [-0.25, -0.2) is 9.79 Å². The monoisotopic (exact) mass is 435 g/mol. The number of esters is 1. The van der Waals surface area contributed by atoms with Crippen LogP contribution in [-0.4, -0.2) is 19.0 Å². The van der Waals surface area contributed by atoms with Crippen LogP contribution in [0.5, 0.6) is 5.75 Å². The van der Waals surface area contributed by atoms with Gasteiger partial charge < -0.3 is 9.47 Å². The SMILES string of the molecule is COc1c(Br)cc(Br)cc1/C=C1\N=C(c2ccccc2)OC1=O. The van der Waals surface area contributed by atoms with Gasteiger partial charge in [0.05, 0.1) is 11.6 Å². The zero-order valence-corrected chi connectivity index (χ0v) is 15.2. The number of aliphatic imine (C=N–C) groups is 1. The molecule has 6 heteroatoms. The summed E-state index contributed by atoms with van der Waals surface area (Å²) in [7, 11) is 1.57. The largest absolute Gasteiger partial charge is 0.495 e. The Morgan fingerprint density at radius 2 is 1.91 bits per heavy atom. The molecule has 0 radical (unpaired) electrons. The first kappa shape index (κ1) is 16.0. The minimum Gasteiger partial charge on any atom is -0.495 e. The highest BCUT2D eigenvalue weighted by Gasteiger charge is 2.24. The van der Waals surface area contributed by atoms with Gasteiger partial charge in [0.2, 0.25) is 5.90 Å². The van der Waals surface area contributed by atoms with Crippen molar-refractivity contribution < 1.29 is 14.3 Å². The van der Waals surface area contributed by atoms with Gasteiger partial charge in [0, 0.05) is 15.6 Å². The zero-order valence-electron chi connectivity index (χ0n) is 12.0. The summed E-state index contributed by atoms with van der Waals surface area (Å²) in [5, 5.41) is 0. The van der Waals surface area contributed by atoms with E-state index in [9.17, 15) is 4.79 Å². The average molecular weight is 437 g/mol. The van der Waals surface area contributed by atoms with E-state index in [2.05, 4.69) is 36.9 Å². The van der Waals surface area contributed by atoms with Gasteiger partial charge in [0.25, 0.3) is 0 Å². The standard InChI is InChI=1S/C17H11Br2NO3/c1-22-15-11(7-12(18)9-13(15)19)8-14-17(21)23-16(20-14)10-5-3-2-4-6-10/h2-9H,1H3/b14-8-. The second-order valence-electron chi connectivity index (χ2n) is 4.71. The molecule has 0 saturated heterocycles. The lowest BCUT2D eigenvalue weighted by molar-refractivity contribution is -0.129. The predicted molar refractivity (Wildman–Crippen MR) is 95.4 cm³/mol. The fourth-order valence-electron chi connectivity index (χ4n) is 2.16. The van der Waals surface area contributed by atoms with Crippen molar-refractivity contribution in [3.8, 4) is 5.75 Å². The van der Waals surface area contributed by atoms with Crippen LogP contribution in [0.1, 0.15) is 11.1 Å². The molecule has 4 nitrogen and oxygen atoms in total. The maximum atomic E-state index is 12.1. The van der Waals surface area contributed by atoms with Crippen molar-refractivity contribution in [2.24, 2.45) is 4.99 Å². The minimum absolute atomic E-state index is 0.229. The zero-order chi connectivity index (χ0) is 16.4. The van der Waals surface area contributed by atoms with Crippen LogP contribution in [-0.2, 0) is 9.53 Å². The molecule has 23 heavy (non-hydrogen) atoms. The molecule has 0 aliphatic carbocycles. The summed E-state index contributed by atoms with van der Waals surface area (Å²) in [6.07, 6.45) is 1.65. The van der Waals surface area contributed by atoms with E-state index in [4.69, 9.17) is 9.47 Å². The van der Waals surface area contributed by atoms with E-state index in [0.717, 1.165) is 20.1 Å². The van der Waals surface area contributed by atoms with Crippen LogP contribution in [0.15, 0.2) is 62.1 Å².